The average Bonchev–Trinajstić information content (AvgIpc) is 2.80. The Labute approximate surface area is 193 Å². The van der Waals surface area contributed by atoms with E-state index in [1.807, 2.05) is 24.5 Å². The van der Waals surface area contributed by atoms with Gasteiger partial charge in [-0.3, -0.25) is 4.79 Å². The van der Waals surface area contributed by atoms with Crippen LogP contribution in [-0.4, -0.2) is 53.7 Å². The van der Waals surface area contributed by atoms with Crippen molar-refractivity contribution < 1.29 is 27.4 Å². The largest absolute Gasteiger partial charge is 0.493 e. The molecule has 0 aliphatic carbocycles. The van der Waals surface area contributed by atoms with E-state index in [1.165, 1.54) is 39.2 Å². The summed E-state index contributed by atoms with van der Waals surface area (Å²) in [6.45, 7) is 0. The maximum absolute atomic E-state index is 12.9. The number of nitrogens with one attached hydrogen (secondary N) is 2. The molecule has 0 radical (unpaired) electrons. The highest BCUT2D eigenvalue weighted by Gasteiger charge is 2.24. The Morgan fingerprint density at radius 1 is 1.06 bits per heavy atom. The molecule has 0 aromatic heterocycles. The van der Waals surface area contributed by atoms with Crippen molar-refractivity contribution in [2.24, 2.45) is 0 Å². The molecule has 0 fully saturated rings. The van der Waals surface area contributed by atoms with Crippen molar-refractivity contribution >= 4 is 39.5 Å². The van der Waals surface area contributed by atoms with Crippen LogP contribution in [0.15, 0.2) is 47.9 Å². The number of ether oxygens (including phenoxy) is 3. The van der Waals surface area contributed by atoms with Gasteiger partial charge in [-0.25, -0.2) is 8.42 Å². The molecule has 1 atom stereocenters. The number of hydrogen-bond donors (Lipinski definition) is 2. The van der Waals surface area contributed by atoms with E-state index in [2.05, 4.69) is 10.0 Å². The van der Waals surface area contributed by atoms with Crippen LogP contribution in [0.25, 0.3) is 6.08 Å². The molecule has 1 amide bonds. The molecule has 1 unspecified atom stereocenters. The smallest absolute Gasteiger partial charge is 0.242 e. The molecule has 8 nitrogen and oxygen atoms in total. The summed E-state index contributed by atoms with van der Waals surface area (Å²) >= 11 is 1.52. The first-order valence-corrected chi connectivity index (χ1v) is 12.6. The van der Waals surface area contributed by atoms with E-state index in [0.717, 1.165) is 11.0 Å². The third-order valence-corrected chi connectivity index (χ3v) is 6.16. The predicted molar refractivity (Wildman–Crippen MR) is 129 cm³/mol. The zero-order chi connectivity index (χ0) is 23.6. The summed E-state index contributed by atoms with van der Waals surface area (Å²) in [7, 11) is 0.567. The summed E-state index contributed by atoms with van der Waals surface area (Å²) in [6, 6.07) is 11.2. The molecule has 0 bridgehead atoms. The van der Waals surface area contributed by atoms with Crippen LogP contribution in [0.3, 0.4) is 0 Å². The predicted octanol–water partition coefficient (Wildman–Crippen LogP) is 3.36. The number of anilines is 1. The van der Waals surface area contributed by atoms with Gasteiger partial charge in [0, 0.05) is 23.2 Å². The van der Waals surface area contributed by atoms with Gasteiger partial charge in [-0.2, -0.15) is 16.5 Å². The lowest BCUT2D eigenvalue weighted by Gasteiger charge is -2.19. The van der Waals surface area contributed by atoms with Gasteiger partial charge in [-0.1, -0.05) is 30.3 Å². The van der Waals surface area contributed by atoms with Gasteiger partial charge >= 0.3 is 0 Å². The number of methoxy groups -OCH3 is 3. The third kappa shape index (κ3) is 7.47. The molecular weight excluding hydrogens is 452 g/mol. The fraction of sp³-hybridized carbons (Fsp3) is 0.318. The molecular formula is C22H28N2O6S2. The first kappa shape index (κ1) is 25.6. The van der Waals surface area contributed by atoms with Crippen molar-refractivity contribution in [2.45, 2.75) is 12.5 Å². The quantitative estimate of drug-likeness (QED) is 0.480. The van der Waals surface area contributed by atoms with E-state index >= 15 is 0 Å². The molecule has 2 aromatic carbocycles. The topological polar surface area (TPSA) is 103 Å². The van der Waals surface area contributed by atoms with Crippen LogP contribution in [0.5, 0.6) is 17.2 Å². The maximum atomic E-state index is 12.9. The van der Waals surface area contributed by atoms with E-state index in [0.29, 0.717) is 35.1 Å². The minimum atomic E-state index is -3.85. The molecule has 0 aliphatic heterocycles. The van der Waals surface area contributed by atoms with Crippen LogP contribution >= 0.6 is 11.8 Å². The van der Waals surface area contributed by atoms with Crippen LogP contribution in [-0.2, 0) is 14.8 Å². The highest BCUT2D eigenvalue weighted by Crippen LogP contribution is 2.39. The minimum Gasteiger partial charge on any atom is -0.493 e. The Balaban J connectivity index is 2.21. The van der Waals surface area contributed by atoms with E-state index in [-0.39, 0.29) is 0 Å². The SMILES string of the molecule is COc1cc(NC(=O)C(CCSC)NS(=O)(=O)/C=C/c2ccccc2)cc(OC)c1OC. The summed E-state index contributed by atoms with van der Waals surface area (Å²) in [4.78, 5) is 12.9. The number of rotatable bonds is 12. The van der Waals surface area contributed by atoms with Crippen LogP contribution in [0, 0.1) is 0 Å². The third-order valence-electron chi connectivity index (χ3n) is 4.41. The number of hydrogen-bond acceptors (Lipinski definition) is 7. The van der Waals surface area contributed by atoms with Crippen molar-refractivity contribution in [1.29, 1.82) is 0 Å². The normalized spacial score (nSPS) is 12.4. The second-order valence-electron chi connectivity index (χ2n) is 6.61. The van der Waals surface area contributed by atoms with Crippen molar-refractivity contribution in [1.82, 2.24) is 4.72 Å². The number of carbonyl (C=O) groups is 1. The van der Waals surface area contributed by atoms with Gasteiger partial charge in [0.2, 0.25) is 21.7 Å². The fourth-order valence-electron chi connectivity index (χ4n) is 2.83. The maximum Gasteiger partial charge on any atom is 0.242 e. The Bertz CT molecular complexity index is 1000. The van der Waals surface area contributed by atoms with Crippen LogP contribution in [0.2, 0.25) is 0 Å². The Morgan fingerprint density at radius 2 is 1.69 bits per heavy atom. The van der Waals surface area contributed by atoms with Gasteiger partial charge in [0.1, 0.15) is 6.04 Å². The Hall–Kier alpha value is -2.69. The van der Waals surface area contributed by atoms with Gasteiger partial charge in [0.25, 0.3) is 0 Å². The molecule has 32 heavy (non-hydrogen) atoms. The monoisotopic (exact) mass is 480 g/mol. The van der Waals surface area contributed by atoms with E-state index in [9.17, 15) is 13.2 Å². The van der Waals surface area contributed by atoms with E-state index in [1.54, 1.807) is 24.3 Å². The average molecular weight is 481 g/mol. The molecule has 0 heterocycles. The number of thioether (sulfide) groups is 1. The molecule has 0 spiro atoms. The lowest BCUT2D eigenvalue weighted by Crippen LogP contribution is -2.43. The summed E-state index contributed by atoms with van der Waals surface area (Å²) in [5.74, 6) is 1.23. The molecule has 2 N–H and O–H groups in total. The van der Waals surface area contributed by atoms with Crippen molar-refractivity contribution in [3.05, 3.63) is 53.4 Å². The van der Waals surface area contributed by atoms with Gasteiger partial charge in [0.15, 0.2) is 11.5 Å². The van der Waals surface area contributed by atoms with E-state index < -0.39 is 22.0 Å². The molecule has 0 saturated carbocycles. The van der Waals surface area contributed by atoms with Crippen LogP contribution in [0.4, 0.5) is 5.69 Å². The molecule has 2 aromatic rings. The first-order chi connectivity index (χ1) is 15.3. The van der Waals surface area contributed by atoms with Gasteiger partial charge in [-0.15, -0.1) is 0 Å². The molecule has 0 aliphatic rings. The standard InChI is InChI=1S/C22H28N2O6S2/c1-28-19-14-17(15-20(29-2)21(19)30-3)23-22(25)18(10-12-31-4)24-32(26,27)13-11-16-8-6-5-7-9-16/h5-9,11,13-15,18,24H,10,12H2,1-4H3,(H,23,25)/b13-11+. The molecule has 2 rings (SSSR count). The van der Waals surface area contributed by atoms with E-state index in [4.69, 9.17) is 14.2 Å². The Morgan fingerprint density at radius 3 is 2.22 bits per heavy atom. The summed E-state index contributed by atoms with van der Waals surface area (Å²) < 4.78 is 43.5. The van der Waals surface area contributed by atoms with Crippen molar-refractivity contribution in [2.75, 3.05) is 38.7 Å². The van der Waals surface area contributed by atoms with Crippen molar-refractivity contribution in [3.63, 3.8) is 0 Å². The number of sulfonamides is 1. The highest BCUT2D eigenvalue weighted by atomic mass is 32.2. The Kier molecular flexibility index (Phi) is 9.89. The zero-order valence-electron chi connectivity index (χ0n) is 18.5. The molecule has 0 saturated heterocycles. The fourth-order valence-corrected chi connectivity index (χ4v) is 4.34. The van der Waals surface area contributed by atoms with Crippen LogP contribution < -0.4 is 24.2 Å². The first-order valence-electron chi connectivity index (χ1n) is 9.68. The number of benzene rings is 2. The van der Waals surface area contributed by atoms with Gasteiger partial charge in [0.05, 0.1) is 21.3 Å². The van der Waals surface area contributed by atoms with Gasteiger partial charge < -0.3 is 19.5 Å². The second kappa shape index (κ2) is 12.4. The molecule has 10 heteroatoms. The van der Waals surface area contributed by atoms with Gasteiger partial charge in [-0.05, 0) is 30.1 Å². The summed E-state index contributed by atoms with van der Waals surface area (Å²) in [5, 5.41) is 3.79. The highest BCUT2D eigenvalue weighted by molar-refractivity contribution is 7.98. The number of amides is 1. The van der Waals surface area contributed by atoms with Crippen LogP contribution in [0.1, 0.15) is 12.0 Å². The lowest BCUT2D eigenvalue weighted by molar-refractivity contribution is -0.117. The zero-order valence-corrected chi connectivity index (χ0v) is 20.1. The number of carbonyl (C=O) groups excluding carboxylic acids is 1. The lowest BCUT2D eigenvalue weighted by atomic mass is 10.2. The molecule has 174 valence electrons. The minimum absolute atomic E-state index is 0.315. The summed E-state index contributed by atoms with van der Waals surface area (Å²) in [6.07, 6.45) is 3.68. The summed E-state index contributed by atoms with van der Waals surface area (Å²) in [5.41, 5.74) is 1.12. The second-order valence-corrected chi connectivity index (χ2v) is 9.20. The van der Waals surface area contributed by atoms with Crippen molar-refractivity contribution in [3.8, 4) is 17.2 Å².